The van der Waals surface area contributed by atoms with Gasteiger partial charge in [-0.2, -0.15) is 0 Å². The average molecular weight is 259 g/mol. The summed E-state index contributed by atoms with van der Waals surface area (Å²) in [6, 6.07) is 0. The smallest absolute Gasteiger partial charge is 0.222 e. The number of carbonyl (C=O) groups is 1. The van der Waals surface area contributed by atoms with Crippen LogP contribution in [-0.2, 0) is 23.7 Å². The summed E-state index contributed by atoms with van der Waals surface area (Å²) in [5.41, 5.74) is -0.615. The molecule has 2 rings (SSSR count). The Morgan fingerprint density at radius 2 is 2.17 bits per heavy atom. The van der Waals surface area contributed by atoms with Gasteiger partial charge in [-0.1, -0.05) is 0 Å². The Labute approximate surface area is 107 Å². The van der Waals surface area contributed by atoms with Crippen LogP contribution in [0.15, 0.2) is 0 Å². The molecule has 0 aromatic carbocycles. The van der Waals surface area contributed by atoms with Crippen molar-refractivity contribution in [1.29, 1.82) is 0 Å². The monoisotopic (exact) mass is 259 g/mol. The number of amides is 1. The van der Waals surface area contributed by atoms with Gasteiger partial charge in [0.1, 0.15) is 17.9 Å². The fraction of sp³-hybridized carbons (Fsp3) is 0.917. The zero-order valence-electron chi connectivity index (χ0n) is 11.1. The van der Waals surface area contributed by atoms with Crippen molar-refractivity contribution >= 4 is 5.91 Å². The SMILES string of the molecule is COC[C@H]1O[C@@]2(CCC(=O)N2)C[C@@H](OC)[C@@H]1OC. The molecule has 1 spiro atoms. The molecule has 6 heteroatoms. The van der Waals surface area contributed by atoms with Crippen molar-refractivity contribution in [2.75, 3.05) is 27.9 Å². The lowest BCUT2D eigenvalue weighted by molar-refractivity contribution is -0.241. The maximum Gasteiger partial charge on any atom is 0.222 e. The topological polar surface area (TPSA) is 66.0 Å². The molecule has 2 aliphatic rings. The van der Waals surface area contributed by atoms with Crippen LogP contribution in [0.25, 0.3) is 0 Å². The van der Waals surface area contributed by atoms with Crippen LogP contribution in [0.3, 0.4) is 0 Å². The zero-order chi connectivity index (χ0) is 13.2. The first kappa shape index (κ1) is 13.7. The highest BCUT2D eigenvalue weighted by Crippen LogP contribution is 2.36. The molecule has 0 bridgehead atoms. The predicted octanol–water partition coefficient (Wildman–Crippen LogP) is 0.0580. The van der Waals surface area contributed by atoms with Crippen molar-refractivity contribution in [3.8, 4) is 0 Å². The second-order valence-corrected chi connectivity index (χ2v) is 4.83. The first-order chi connectivity index (χ1) is 8.64. The molecule has 18 heavy (non-hydrogen) atoms. The Kier molecular flexibility index (Phi) is 4.21. The number of methoxy groups -OCH3 is 3. The molecular weight excluding hydrogens is 238 g/mol. The van der Waals surface area contributed by atoms with E-state index >= 15 is 0 Å². The molecule has 0 aromatic heterocycles. The molecule has 6 nitrogen and oxygen atoms in total. The predicted molar refractivity (Wildman–Crippen MR) is 63.1 cm³/mol. The van der Waals surface area contributed by atoms with Crippen LogP contribution in [0.4, 0.5) is 0 Å². The minimum Gasteiger partial charge on any atom is -0.382 e. The molecule has 0 unspecified atom stereocenters. The highest BCUT2D eigenvalue weighted by molar-refractivity contribution is 5.79. The quantitative estimate of drug-likeness (QED) is 0.773. The maximum absolute atomic E-state index is 11.4. The van der Waals surface area contributed by atoms with Gasteiger partial charge in [-0.3, -0.25) is 4.79 Å². The molecule has 1 amide bonds. The normalized spacial score (nSPS) is 40.2. The molecule has 2 heterocycles. The molecule has 104 valence electrons. The van der Waals surface area contributed by atoms with E-state index < -0.39 is 5.72 Å². The lowest BCUT2D eigenvalue weighted by Gasteiger charge is -2.45. The van der Waals surface area contributed by atoms with Crippen molar-refractivity contribution in [2.24, 2.45) is 0 Å². The van der Waals surface area contributed by atoms with Crippen molar-refractivity contribution in [3.05, 3.63) is 0 Å². The van der Waals surface area contributed by atoms with E-state index in [0.717, 1.165) is 0 Å². The second-order valence-electron chi connectivity index (χ2n) is 4.83. The van der Waals surface area contributed by atoms with E-state index in [2.05, 4.69) is 5.32 Å². The van der Waals surface area contributed by atoms with Crippen molar-refractivity contribution in [2.45, 2.75) is 43.3 Å². The Balaban J connectivity index is 2.15. The van der Waals surface area contributed by atoms with Gasteiger partial charge in [0.05, 0.1) is 12.7 Å². The minimum atomic E-state index is -0.615. The van der Waals surface area contributed by atoms with Crippen LogP contribution < -0.4 is 5.32 Å². The molecule has 0 aromatic rings. The van der Waals surface area contributed by atoms with Crippen LogP contribution in [0, 0.1) is 0 Å². The van der Waals surface area contributed by atoms with Gasteiger partial charge in [0.2, 0.25) is 5.91 Å². The van der Waals surface area contributed by atoms with Gasteiger partial charge >= 0.3 is 0 Å². The highest BCUT2D eigenvalue weighted by Gasteiger charge is 2.50. The fourth-order valence-corrected chi connectivity index (χ4v) is 2.84. The van der Waals surface area contributed by atoms with Crippen LogP contribution in [0.5, 0.6) is 0 Å². The Hall–Kier alpha value is -0.690. The van der Waals surface area contributed by atoms with Crippen molar-refractivity contribution in [1.82, 2.24) is 5.32 Å². The van der Waals surface area contributed by atoms with Gasteiger partial charge in [-0.05, 0) is 0 Å². The van der Waals surface area contributed by atoms with Crippen molar-refractivity contribution in [3.63, 3.8) is 0 Å². The number of rotatable bonds is 4. The highest BCUT2D eigenvalue weighted by atomic mass is 16.6. The maximum atomic E-state index is 11.4. The molecule has 2 fully saturated rings. The van der Waals surface area contributed by atoms with E-state index in [4.69, 9.17) is 18.9 Å². The Bertz CT molecular complexity index is 311. The van der Waals surface area contributed by atoms with Gasteiger partial charge < -0.3 is 24.3 Å². The van der Waals surface area contributed by atoms with Gasteiger partial charge in [-0.25, -0.2) is 0 Å². The van der Waals surface area contributed by atoms with E-state index in [9.17, 15) is 4.79 Å². The van der Waals surface area contributed by atoms with E-state index in [1.54, 1.807) is 21.3 Å². The summed E-state index contributed by atoms with van der Waals surface area (Å²) in [6.45, 7) is 0.413. The van der Waals surface area contributed by atoms with Gasteiger partial charge in [0, 0.05) is 40.6 Å². The summed E-state index contributed by atoms with van der Waals surface area (Å²) < 4.78 is 22.1. The summed E-state index contributed by atoms with van der Waals surface area (Å²) in [5.74, 6) is 0.0249. The van der Waals surface area contributed by atoms with E-state index in [0.29, 0.717) is 25.9 Å². The Morgan fingerprint density at radius 1 is 1.39 bits per heavy atom. The van der Waals surface area contributed by atoms with E-state index in [-0.39, 0.29) is 24.2 Å². The van der Waals surface area contributed by atoms with Crippen molar-refractivity contribution < 1.29 is 23.7 Å². The summed E-state index contributed by atoms with van der Waals surface area (Å²) in [7, 11) is 4.90. The third kappa shape index (κ3) is 2.51. The molecule has 1 N–H and O–H groups in total. The van der Waals surface area contributed by atoms with Crippen LogP contribution in [-0.4, -0.2) is 57.9 Å². The molecule has 0 radical (unpaired) electrons. The second kappa shape index (κ2) is 5.52. The molecular formula is C12H21NO5. The van der Waals surface area contributed by atoms with Crippen LogP contribution >= 0.6 is 0 Å². The van der Waals surface area contributed by atoms with Crippen LogP contribution in [0.2, 0.25) is 0 Å². The number of hydrogen-bond donors (Lipinski definition) is 1. The fourth-order valence-electron chi connectivity index (χ4n) is 2.84. The van der Waals surface area contributed by atoms with Gasteiger partial charge in [-0.15, -0.1) is 0 Å². The first-order valence-corrected chi connectivity index (χ1v) is 6.17. The zero-order valence-corrected chi connectivity index (χ0v) is 11.1. The lowest BCUT2D eigenvalue weighted by Crippen LogP contribution is -2.61. The lowest BCUT2D eigenvalue weighted by atomic mass is 9.92. The molecule has 2 aliphatic heterocycles. The number of hydrogen-bond acceptors (Lipinski definition) is 5. The molecule has 2 saturated heterocycles. The molecule has 4 atom stereocenters. The molecule has 0 saturated carbocycles. The number of nitrogens with one attached hydrogen (secondary N) is 1. The third-order valence-electron chi connectivity index (χ3n) is 3.67. The third-order valence-corrected chi connectivity index (χ3v) is 3.67. The average Bonchev–Trinajstić information content (AvgIpc) is 2.70. The number of carbonyl (C=O) groups excluding carboxylic acids is 1. The summed E-state index contributed by atoms with van der Waals surface area (Å²) in [6.07, 6.45) is 1.24. The first-order valence-electron chi connectivity index (χ1n) is 6.17. The Morgan fingerprint density at radius 3 is 2.67 bits per heavy atom. The summed E-state index contributed by atoms with van der Waals surface area (Å²) in [4.78, 5) is 11.4. The van der Waals surface area contributed by atoms with E-state index in [1.807, 2.05) is 0 Å². The summed E-state index contributed by atoms with van der Waals surface area (Å²) in [5, 5.41) is 2.91. The van der Waals surface area contributed by atoms with Gasteiger partial charge in [0.15, 0.2) is 0 Å². The largest absolute Gasteiger partial charge is 0.382 e. The minimum absolute atomic E-state index is 0.0249. The number of ether oxygens (including phenoxy) is 4. The molecule has 0 aliphatic carbocycles. The van der Waals surface area contributed by atoms with Gasteiger partial charge in [0.25, 0.3) is 0 Å². The summed E-state index contributed by atoms with van der Waals surface area (Å²) >= 11 is 0. The standard InChI is InChI=1S/C12H21NO5/c1-15-7-9-11(17-3)8(16-2)6-12(18-9)5-4-10(14)13-12/h8-9,11H,4-7H2,1-3H3,(H,13,14)/t8-,9-,11+,12+/m1/s1. The van der Waals surface area contributed by atoms with Crippen LogP contribution in [0.1, 0.15) is 19.3 Å². The van der Waals surface area contributed by atoms with E-state index in [1.165, 1.54) is 0 Å².